The third kappa shape index (κ3) is 10.0. The molecule has 6 heteroatoms. The predicted molar refractivity (Wildman–Crippen MR) is 128 cm³/mol. The van der Waals surface area contributed by atoms with Gasteiger partial charge in [-0.1, -0.05) is 76.1 Å². The van der Waals surface area contributed by atoms with Gasteiger partial charge in [0.25, 0.3) is 0 Å². The molecular weight excluding hydrogens is 390 g/mol. The molecule has 3 amide bonds. The lowest BCUT2D eigenvalue weighted by Gasteiger charge is -2.12. The number of para-hydroxylation sites is 1. The number of ether oxygens (including phenoxy) is 1. The molecule has 31 heavy (non-hydrogen) atoms. The first-order chi connectivity index (χ1) is 15.1. The van der Waals surface area contributed by atoms with Crippen LogP contribution in [-0.2, 0) is 4.74 Å². The van der Waals surface area contributed by atoms with Gasteiger partial charge in [-0.3, -0.25) is 5.32 Å². The molecule has 2 aromatic rings. The zero-order valence-corrected chi connectivity index (χ0v) is 18.7. The topological polar surface area (TPSA) is 79.5 Å². The molecular formula is C25H35N3O3. The molecule has 0 radical (unpaired) electrons. The Kier molecular flexibility index (Phi) is 11.0. The summed E-state index contributed by atoms with van der Waals surface area (Å²) in [5.41, 5.74) is 2.79. The minimum absolute atomic E-state index is 0.344. The second-order valence-electron chi connectivity index (χ2n) is 7.71. The summed E-state index contributed by atoms with van der Waals surface area (Å²) < 4.78 is 5.27. The largest absolute Gasteiger partial charge is 0.449 e. The highest BCUT2D eigenvalue weighted by molar-refractivity contribution is 6.00. The predicted octanol–water partition coefficient (Wildman–Crippen LogP) is 7.33. The number of amides is 3. The van der Waals surface area contributed by atoms with Crippen molar-refractivity contribution in [2.45, 2.75) is 65.2 Å². The van der Waals surface area contributed by atoms with Crippen LogP contribution in [0.1, 0.15) is 63.9 Å². The van der Waals surface area contributed by atoms with E-state index in [1.54, 1.807) is 12.1 Å². The van der Waals surface area contributed by atoms with Crippen LogP contribution in [0.15, 0.2) is 48.5 Å². The van der Waals surface area contributed by atoms with E-state index in [1.807, 2.05) is 43.3 Å². The van der Waals surface area contributed by atoms with Crippen molar-refractivity contribution >= 4 is 29.2 Å². The summed E-state index contributed by atoms with van der Waals surface area (Å²) in [6.07, 6.45) is 9.11. The molecule has 6 nitrogen and oxygen atoms in total. The highest BCUT2D eigenvalue weighted by Gasteiger charge is 2.08. The first kappa shape index (κ1) is 24.3. The molecule has 0 aliphatic heterocycles. The Morgan fingerprint density at radius 3 is 2.16 bits per heavy atom. The van der Waals surface area contributed by atoms with Crippen LogP contribution in [0.5, 0.6) is 0 Å². The van der Waals surface area contributed by atoms with Gasteiger partial charge in [0.15, 0.2) is 0 Å². The van der Waals surface area contributed by atoms with Gasteiger partial charge in [0.1, 0.15) is 0 Å². The molecule has 168 valence electrons. The van der Waals surface area contributed by atoms with Crippen molar-refractivity contribution in [3.05, 3.63) is 54.1 Å². The van der Waals surface area contributed by atoms with Gasteiger partial charge in [-0.25, -0.2) is 9.59 Å². The van der Waals surface area contributed by atoms with Crippen LogP contribution < -0.4 is 16.0 Å². The highest BCUT2D eigenvalue weighted by atomic mass is 16.5. The molecule has 0 aromatic heterocycles. The van der Waals surface area contributed by atoms with Crippen LogP contribution in [-0.4, -0.2) is 18.7 Å². The van der Waals surface area contributed by atoms with Gasteiger partial charge in [0.2, 0.25) is 0 Å². The molecule has 0 aliphatic carbocycles. The smallest absolute Gasteiger partial charge is 0.411 e. The van der Waals surface area contributed by atoms with Gasteiger partial charge in [-0.15, -0.1) is 0 Å². The summed E-state index contributed by atoms with van der Waals surface area (Å²) in [6, 6.07) is 14.2. The number of anilines is 3. The lowest BCUT2D eigenvalue weighted by atomic mass is 10.1. The van der Waals surface area contributed by atoms with E-state index in [0.29, 0.717) is 23.7 Å². The van der Waals surface area contributed by atoms with E-state index in [9.17, 15) is 9.59 Å². The standard InChI is InChI=1S/C25H35N3O3/c1-3-4-5-6-7-8-9-13-18-31-25(30)27-22-17-16-20(2)23(19-22)28-24(29)26-21-14-11-10-12-15-21/h10-12,14-17,19H,3-9,13,18H2,1-2H3,(H,27,30)(H2,26,28,29). The van der Waals surface area contributed by atoms with Crippen molar-refractivity contribution in [3.63, 3.8) is 0 Å². The number of rotatable bonds is 12. The second-order valence-corrected chi connectivity index (χ2v) is 7.71. The van der Waals surface area contributed by atoms with Crippen molar-refractivity contribution < 1.29 is 14.3 Å². The van der Waals surface area contributed by atoms with Crippen LogP contribution in [0.4, 0.5) is 26.7 Å². The Labute approximate surface area is 185 Å². The van der Waals surface area contributed by atoms with Crippen molar-refractivity contribution in [3.8, 4) is 0 Å². The van der Waals surface area contributed by atoms with Crippen LogP contribution in [0.2, 0.25) is 0 Å². The van der Waals surface area contributed by atoms with Gasteiger partial charge in [-0.05, 0) is 43.2 Å². The summed E-state index contributed by atoms with van der Waals surface area (Å²) in [6.45, 7) is 4.53. The van der Waals surface area contributed by atoms with Crippen molar-refractivity contribution in [2.75, 3.05) is 22.6 Å². The molecule has 2 aromatic carbocycles. The fraction of sp³-hybridized carbons (Fsp3) is 0.440. The number of benzene rings is 2. The Hall–Kier alpha value is -3.02. The van der Waals surface area contributed by atoms with Crippen molar-refractivity contribution in [2.24, 2.45) is 0 Å². The van der Waals surface area contributed by atoms with Gasteiger partial charge in [0.05, 0.1) is 6.61 Å². The van der Waals surface area contributed by atoms with E-state index >= 15 is 0 Å². The summed E-state index contributed by atoms with van der Waals surface area (Å²) in [7, 11) is 0. The average molecular weight is 426 g/mol. The Morgan fingerprint density at radius 2 is 1.45 bits per heavy atom. The molecule has 2 rings (SSSR count). The molecule has 0 bridgehead atoms. The Morgan fingerprint density at radius 1 is 0.774 bits per heavy atom. The molecule has 0 unspecified atom stereocenters. The van der Waals surface area contributed by atoms with E-state index in [4.69, 9.17) is 4.74 Å². The molecule has 0 fully saturated rings. The molecule has 3 N–H and O–H groups in total. The number of hydrogen-bond acceptors (Lipinski definition) is 3. The average Bonchev–Trinajstić information content (AvgIpc) is 2.75. The zero-order chi connectivity index (χ0) is 22.3. The van der Waals surface area contributed by atoms with E-state index in [1.165, 1.54) is 38.5 Å². The fourth-order valence-electron chi connectivity index (χ4n) is 3.20. The molecule has 0 saturated carbocycles. The summed E-state index contributed by atoms with van der Waals surface area (Å²) >= 11 is 0. The van der Waals surface area contributed by atoms with Gasteiger partial charge in [0, 0.05) is 17.1 Å². The van der Waals surface area contributed by atoms with Gasteiger partial charge >= 0.3 is 12.1 Å². The maximum atomic E-state index is 12.2. The maximum Gasteiger partial charge on any atom is 0.411 e. The maximum absolute atomic E-state index is 12.2. The quantitative estimate of drug-likeness (QED) is 0.311. The first-order valence-corrected chi connectivity index (χ1v) is 11.3. The molecule has 0 atom stereocenters. The number of carbonyl (C=O) groups excluding carboxylic acids is 2. The van der Waals surface area contributed by atoms with E-state index in [2.05, 4.69) is 22.9 Å². The molecule has 0 spiro atoms. The third-order valence-corrected chi connectivity index (χ3v) is 4.99. The minimum Gasteiger partial charge on any atom is -0.449 e. The number of aryl methyl sites for hydroxylation is 1. The fourth-order valence-corrected chi connectivity index (χ4v) is 3.20. The van der Waals surface area contributed by atoms with Gasteiger partial charge in [-0.2, -0.15) is 0 Å². The highest BCUT2D eigenvalue weighted by Crippen LogP contribution is 2.21. The normalized spacial score (nSPS) is 10.4. The third-order valence-electron chi connectivity index (χ3n) is 4.99. The van der Waals surface area contributed by atoms with Crippen LogP contribution >= 0.6 is 0 Å². The van der Waals surface area contributed by atoms with E-state index in [-0.39, 0.29) is 6.03 Å². The Balaban J connectivity index is 1.70. The number of urea groups is 1. The lowest BCUT2D eigenvalue weighted by molar-refractivity contribution is 0.159. The SMILES string of the molecule is CCCCCCCCCCOC(=O)Nc1ccc(C)c(NC(=O)Nc2ccccc2)c1. The Bertz CT molecular complexity index is 809. The lowest BCUT2D eigenvalue weighted by Crippen LogP contribution is -2.20. The zero-order valence-electron chi connectivity index (χ0n) is 18.7. The van der Waals surface area contributed by atoms with Crippen LogP contribution in [0, 0.1) is 6.92 Å². The summed E-state index contributed by atoms with van der Waals surface area (Å²) in [5.74, 6) is 0. The molecule has 0 saturated heterocycles. The van der Waals surface area contributed by atoms with E-state index < -0.39 is 6.09 Å². The summed E-state index contributed by atoms with van der Waals surface area (Å²) in [4.78, 5) is 24.3. The van der Waals surface area contributed by atoms with Crippen LogP contribution in [0.25, 0.3) is 0 Å². The van der Waals surface area contributed by atoms with Crippen LogP contribution in [0.3, 0.4) is 0 Å². The number of unbranched alkanes of at least 4 members (excludes halogenated alkanes) is 7. The molecule has 0 aliphatic rings. The number of carbonyl (C=O) groups is 2. The summed E-state index contributed by atoms with van der Waals surface area (Å²) in [5, 5.41) is 8.31. The van der Waals surface area contributed by atoms with Crippen molar-refractivity contribution in [1.29, 1.82) is 0 Å². The monoisotopic (exact) mass is 425 g/mol. The number of hydrogen-bond donors (Lipinski definition) is 3. The first-order valence-electron chi connectivity index (χ1n) is 11.3. The van der Waals surface area contributed by atoms with E-state index in [0.717, 1.165) is 18.4 Å². The minimum atomic E-state index is -0.480. The molecule has 0 heterocycles. The van der Waals surface area contributed by atoms with Crippen molar-refractivity contribution in [1.82, 2.24) is 0 Å². The number of nitrogens with one attached hydrogen (secondary N) is 3. The van der Waals surface area contributed by atoms with Gasteiger partial charge < -0.3 is 15.4 Å². The second kappa shape index (κ2) is 14.1.